The van der Waals surface area contributed by atoms with Gasteiger partial charge in [-0.05, 0) is 13.8 Å². The molecule has 0 aliphatic carbocycles. The topological polar surface area (TPSA) is 77.4 Å². The molecule has 0 aromatic rings. The van der Waals surface area contributed by atoms with E-state index in [1.807, 2.05) is 0 Å². The Kier molecular flexibility index (Phi) is 2.30. The summed E-state index contributed by atoms with van der Waals surface area (Å²) in [6, 6.07) is 0. The van der Waals surface area contributed by atoms with Crippen LogP contribution in [0.15, 0.2) is 0 Å². The Morgan fingerprint density at radius 2 is 1.75 bits per heavy atom. The lowest BCUT2D eigenvalue weighted by molar-refractivity contribution is -0.271. The second kappa shape index (κ2) is 3.38. The smallest absolute Gasteiger partial charge is 0.190 e. The van der Waals surface area contributed by atoms with Crippen molar-refractivity contribution in [3.63, 3.8) is 0 Å². The van der Waals surface area contributed by atoms with E-state index in [2.05, 4.69) is 0 Å². The highest BCUT2D eigenvalue weighted by Crippen LogP contribution is 2.42. The maximum Gasteiger partial charge on any atom is 0.190 e. The average Bonchev–Trinajstić information content (AvgIpc) is 2.59. The van der Waals surface area contributed by atoms with Gasteiger partial charge in [0.05, 0.1) is 6.10 Å². The van der Waals surface area contributed by atoms with Gasteiger partial charge in [-0.3, -0.25) is 0 Å². The van der Waals surface area contributed by atoms with E-state index in [1.54, 1.807) is 13.8 Å². The van der Waals surface area contributed by atoms with Crippen LogP contribution in [-0.4, -0.2) is 53.0 Å². The molecule has 3 rings (SSSR count). The van der Waals surface area contributed by atoms with Crippen LogP contribution in [0.4, 0.5) is 0 Å². The van der Waals surface area contributed by atoms with Gasteiger partial charge in [0.15, 0.2) is 18.4 Å². The number of fused-ring (bicyclic) bond motifs is 3. The largest absolute Gasteiger partial charge is 0.390 e. The Morgan fingerprint density at radius 3 is 2.50 bits per heavy atom. The zero-order chi connectivity index (χ0) is 11.5. The molecule has 6 atom stereocenters. The second-order valence-electron chi connectivity index (χ2n) is 4.93. The molecule has 3 aliphatic rings. The number of rotatable bonds is 0. The van der Waals surface area contributed by atoms with E-state index in [0.717, 1.165) is 0 Å². The van der Waals surface area contributed by atoms with Crippen LogP contribution in [-0.2, 0) is 18.9 Å². The standard InChI is InChI=1S/C10H16O6/c1-10(2)15-8-7-6(14-9(8)16-10)4(11)3-5(12)13-7/h4-9,11-12H,3H2,1-2H3/t4-,5-,6+,7+,8-,9-/m0/s1. The van der Waals surface area contributed by atoms with E-state index in [1.165, 1.54) is 0 Å². The van der Waals surface area contributed by atoms with Crippen LogP contribution < -0.4 is 0 Å². The molecule has 0 bridgehead atoms. The molecule has 3 fully saturated rings. The Labute approximate surface area is 93.0 Å². The van der Waals surface area contributed by atoms with Crippen LogP contribution in [0, 0.1) is 0 Å². The van der Waals surface area contributed by atoms with Gasteiger partial charge in [-0.1, -0.05) is 0 Å². The zero-order valence-corrected chi connectivity index (χ0v) is 9.20. The second-order valence-corrected chi connectivity index (χ2v) is 4.93. The molecule has 92 valence electrons. The normalized spacial score (nSPS) is 54.8. The van der Waals surface area contributed by atoms with Gasteiger partial charge in [0.1, 0.15) is 18.3 Å². The van der Waals surface area contributed by atoms with Gasteiger partial charge in [-0.15, -0.1) is 0 Å². The van der Waals surface area contributed by atoms with Crippen molar-refractivity contribution in [2.24, 2.45) is 0 Å². The predicted octanol–water partition coefficient (Wildman–Crippen LogP) is -0.669. The molecule has 3 saturated heterocycles. The summed E-state index contributed by atoms with van der Waals surface area (Å²) >= 11 is 0. The summed E-state index contributed by atoms with van der Waals surface area (Å²) in [7, 11) is 0. The molecule has 6 nitrogen and oxygen atoms in total. The van der Waals surface area contributed by atoms with Crippen molar-refractivity contribution in [1.29, 1.82) is 0 Å². The molecule has 0 saturated carbocycles. The minimum Gasteiger partial charge on any atom is -0.390 e. The molecule has 16 heavy (non-hydrogen) atoms. The summed E-state index contributed by atoms with van der Waals surface area (Å²) in [5.41, 5.74) is 0. The van der Waals surface area contributed by atoms with Crippen molar-refractivity contribution in [2.75, 3.05) is 0 Å². The van der Waals surface area contributed by atoms with Crippen LogP contribution in [0.2, 0.25) is 0 Å². The van der Waals surface area contributed by atoms with Crippen molar-refractivity contribution in [3.8, 4) is 0 Å². The van der Waals surface area contributed by atoms with Gasteiger partial charge in [0.2, 0.25) is 0 Å². The first-order valence-corrected chi connectivity index (χ1v) is 5.49. The molecule has 0 spiro atoms. The van der Waals surface area contributed by atoms with Crippen LogP contribution in [0.1, 0.15) is 20.3 Å². The van der Waals surface area contributed by atoms with Crippen LogP contribution in [0.25, 0.3) is 0 Å². The number of hydrogen-bond donors (Lipinski definition) is 2. The van der Waals surface area contributed by atoms with Crippen molar-refractivity contribution in [2.45, 2.75) is 63.1 Å². The van der Waals surface area contributed by atoms with Crippen molar-refractivity contribution in [1.82, 2.24) is 0 Å². The van der Waals surface area contributed by atoms with E-state index >= 15 is 0 Å². The van der Waals surface area contributed by atoms with E-state index in [9.17, 15) is 10.2 Å². The van der Waals surface area contributed by atoms with Crippen molar-refractivity contribution < 1.29 is 29.2 Å². The summed E-state index contributed by atoms with van der Waals surface area (Å²) in [6.07, 6.45) is -3.40. The van der Waals surface area contributed by atoms with E-state index in [0.29, 0.717) is 0 Å². The molecule has 0 aromatic carbocycles. The molecule has 0 unspecified atom stereocenters. The predicted molar refractivity (Wildman–Crippen MR) is 50.2 cm³/mol. The van der Waals surface area contributed by atoms with Gasteiger partial charge in [-0.2, -0.15) is 0 Å². The first kappa shape index (κ1) is 10.9. The fraction of sp³-hybridized carbons (Fsp3) is 1.00. The average molecular weight is 232 g/mol. The Hall–Kier alpha value is -0.240. The minimum absolute atomic E-state index is 0.157. The lowest BCUT2D eigenvalue weighted by Gasteiger charge is -2.35. The van der Waals surface area contributed by atoms with Gasteiger partial charge in [-0.25, -0.2) is 0 Å². The monoisotopic (exact) mass is 232 g/mol. The van der Waals surface area contributed by atoms with E-state index < -0.39 is 36.7 Å². The molecule has 0 aromatic heterocycles. The number of aliphatic hydroxyl groups is 2. The summed E-state index contributed by atoms with van der Waals surface area (Å²) in [6.45, 7) is 3.58. The Balaban J connectivity index is 1.80. The number of aliphatic hydroxyl groups excluding tert-OH is 2. The van der Waals surface area contributed by atoms with Crippen LogP contribution >= 0.6 is 0 Å². The van der Waals surface area contributed by atoms with Crippen molar-refractivity contribution in [3.05, 3.63) is 0 Å². The van der Waals surface area contributed by atoms with Crippen LogP contribution in [0.3, 0.4) is 0 Å². The highest BCUT2D eigenvalue weighted by Gasteiger charge is 2.59. The maximum atomic E-state index is 9.76. The minimum atomic E-state index is -0.967. The highest BCUT2D eigenvalue weighted by molar-refractivity contribution is 4.99. The summed E-state index contributed by atoms with van der Waals surface area (Å²) < 4.78 is 22.1. The number of hydrogen-bond acceptors (Lipinski definition) is 6. The third kappa shape index (κ3) is 1.57. The third-order valence-corrected chi connectivity index (χ3v) is 3.16. The van der Waals surface area contributed by atoms with Gasteiger partial charge >= 0.3 is 0 Å². The maximum absolute atomic E-state index is 9.76. The Bertz CT molecular complexity index is 293. The fourth-order valence-corrected chi connectivity index (χ4v) is 2.55. The fourth-order valence-electron chi connectivity index (χ4n) is 2.55. The van der Waals surface area contributed by atoms with Gasteiger partial charge in [0, 0.05) is 6.42 Å². The molecule has 3 heterocycles. The Morgan fingerprint density at radius 1 is 1.00 bits per heavy atom. The quantitative estimate of drug-likeness (QED) is 0.577. The first-order valence-electron chi connectivity index (χ1n) is 5.49. The summed E-state index contributed by atoms with van der Waals surface area (Å²) in [5.74, 6) is -0.711. The van der Waals surface area contributed by atoms with E-state index in [-0.39, 0.29) is 12.5 Å². The molecule has 6 heteroatoms. The molecule has 2 N–H and O–H groups in total. The molecule has 0 radical (unpaired) electrons. The lowest BCUT2D eigenvalue weighted by atomic mass is 10.00. The van der Waals surface area contributed by atoms with Gasteiger partial charge in [0.25, 0.3) is 0 Å². The molecule has 3 aliphatic heterocycles. The summed E-state index contributed by atoms with van der Waals surface area (Å²) in [5, 5.41) is 19.2. The lowest BCUT2D eigenvalue weighted by Crippen LogP contribution is -2.50. The van der Waals surface area contributed by atoms with Gasteiger partial charge < -0.3 is 29.2 Å². The van der Waals surface area contributed by atoms with E-state index in [4.69, 9.17) is 18.9 Å². The molecular weight excluding hydrogens is 216 g/mol. The molecular formula is C10H16O6. The van der Waals surface area contributed by atoms with Crippen LogP contribution in [0.5, 0.6) is 0 Å². The molecule has 0 amide bonds. The zero-order valence-electron chi connectivity index (χ0n) is 9.20. The first-order chi connectivity index (χ1) is 7.46. The highest BCUT2D eigenvalue weighted by atomic mass is 16.8. The summed E-state index contributed by atoms with van der Waals surface area (Å²) in [4.78, 5) is 0. The number of ether oxygens (including phenoxy) is 4. The van der Waals surface area contributed by atoms with Crippen molar-refractivity contribution >= 4 is 0 Å². The SMILES string of the molecule is CC1(C)O[C@@H]2O[C@H]3[C@@H](O[C@H](O)C[C@@H]3O)[C@@H]2O1. The third-order valence-electron chi connectivity index (χ3n) is 3.16.